The number of hydrogen-bond acceptors (Lipinski definition) is 6. The molecule has 0 aliphatic carbocycles. The molecule has 4 aromatic rings. The second kappa shape index (κ2) is 11.2. The summed E-state index contributed by atoms with van der Waals surface area (Å²) in [6, 6.07) is 21.7. The third-order valence-corrected chi connectivity index (χ3v) is 6.76. The van der Waals surface area contributed by atoms with E-state index in [0.29, 0.717) is 17.1 Å². The Morgan fingerprint density at radius 1 is 0.949 bits per heavy atom. The van der Waals surface area contributed by atoms with Crippen LogP contribution in [0.4, 0.5) is 0 Å². The van der Waals surface area contributed by atoms with Gasteiger partial charge in [-0.05, 0) is 59.7 Å². The Morgan fingerprint density at radius 3 is 2.38 bits per heavy atom. The van der Waals surface area contributed by atoms with Crippen LogP contribution < -0.4 is 9.47 Å². The van der Waals surface area contributed by atoms with Gasteiger partial charge in [-0.3, -0.25) is 14.6 Å². The number of carbonyl (C=O) groups excluding carboxylic acids is 2. The summed E-state index contributed by atoms with van der Waals surface area (Å²) in [5.41, 5.74) is 1.29. The first kappa shape index (κ1) is 26.3. The average molecular weight is 561 g/mol. The maximum absolute atomic E-state index is 13.5. The highest BCUT2D eigenvalue weighted by molar-refractivity contribution is 6.46. The Hall–Kier alpha value is -4.33. The predicted molar refractivity (Wildman–Crippen MR) is 148 cm³/mol. The number of para-hydroxylation sites is 1. The van der Waals surface area contributed by atoms with Crippen molar-refractivity contribution in [2.45, 2.75) is 12.6 Å². The van der Waals surface area contributed by atoms with E-state index >= 15 is 0 Å². The van der Waals surface area contributed by atoms with Crippen LogP contribution in [0.3, 0.4) is 0 Å². The lowest BCUT2D eigenvalue weighted by atomic mass is 9.94. The number of likely N-dealkylation sites (tertiary alicyclic amines) is 1. The molecule has 1 N–H and O–H groups in total. The smallest absolute Gasteiger partial charge is 0.295 e. The van der Waals surface area contributed by atoms with Crippen LogP contribution in [0.25, 0.3) is 5.76 Å². The molecule has 9 heteroatoms. The first-order chi connectivity index (χ1) is 18.9. The van der Waals surface area contributed by atoms with E-state index in [0.717, 1.165) is 5.56 Å². The number of aromatic nitrogens is 1. The number of carbonyl (C=O) groups is 2. The molecule has 2 heterocycles. The third-order valence-electron chi connectivity index (χ3n) is 6.26. The van der Waals surface area contributed by atoms with Gasteiger partial charge in [-0.1, -0.05) is 53.5 Å². The number of aliphatic hydroxyl groups is 1. The summed E-state index contributed by atoms with van der Waals surface area (Å²) in [7, 11) is 1.38. The van der Waals surface area contributed by atoms with E-state index in [1.54, 1.807) is 48.8 Å². The van der Waals surface area contributed by atoms with E-state index in [-0.39, 0.29) is 33.5 Å². The van der Waals surface area contributed by atoms with Crippen molar-refractivity contribution in [3.63, 3.8) is 0 Å². The van der Waals surface area contributed by atoms with Crippen molar-refractivity contribution in [3.8, 4) is 17.2 Å². The molecular formula is C30H22Cl2N2O5. The van der Waals surface area contributed by atoms with Gasteiger partial charge >= 0.3 is 0 Å². The predicted octanol–water partition coefficient (Wildman–Crippen LogP) is 6.81. The van der Waals surface area contributed by atoms with Crippen LogP contribution in [0, 0.1) is 0 Å². The van der Waals surface area contributed by atoms with Crippen molar-refractivity contribution in [2.75, 3.05) is 7.11 Å². The molecular weight excluding hydrogens is 539 g/mol. The molecule has 0 saturated carbocycles. The molecule has 1 aliphatic heterocycles. The fourth-order valence-electron chi connectivity index (χ4n) is 4.54. The minimum absolute atomic E-state index is 0.0959. The Labute approximate surface area is 234 Å². The van der Waals surface area contributed by atoms with Gasteiger partial charge in [0.15, 0.2) is 0 Å². The topological polar surface area (TPSA) is 89.0 Å². The number of nitrogens with zero attached hydrogens (tertiary/aromatic N) is 2. The zero-order valence-corrected chi connectivity index (χ0v) is 22.2. The zero-order valence-electron chi connectivity index (χ0n) is 20.7. The SMILES string of the molecule is COc1c(Cl)cc(Cl)cc1/C(O)=C1\C(=O)C(=O)N(Cc2ccncc2)C1c1cccc(Oc2ccccc2)c1. The standard InChI is InChI=1S/C30H22Cl2N2O5/c1-38-29-23(15-20(31)16-24(29)32)27(35)25-26(34(30(37)28(25)36)17-18-10-12-33-13-11-18)19-6-5-9-22(14-19)39-21-7-3-2-4-8-21/h2-16,26,35H,17H2,1H3/b27-25+. The van der Waals surface area contributed by atoms with Gasteiger partial charge in [0.1, 0.15) is 23.0 Å². The van der Waals surface area contributed by atoms with E-state index in [1.807, 2.05) is 30.3 Å². The minimum Gasteiger partial charge on any atom is -0.507 e. The van der Waals surface area contributed by atoms with Crippen molar-refractivity contribution in [1.82, 2.24) is 9.88 Å². The van der Waals surface area contributed by atoms with Crippen LogP contribution in [0.1, 0.15) is 22.7 Å². The number of hydrogen-bond donors (Lipinski definition) is 1. The van der Waals surface area contributed by atoms with Crippen molar-refractivity contribution in [1.29, 1.82) is 0 Å². The van der Waals surface area contributed by atoms with Gasteiger partial charge in [-0.25, -0.2) is 0 Å². The zero-order chi connectivity index (χ0) is 27.5. The Balaban J connectivity index is 1.67. The summed E-state index contributed by atoms with van der Waals surface area (Å²) in [5, 5.41) is 11.9. The Kier molecular flexibility index (Phi) is 7.54. The van der Waals surface area contributed by atoms with Gasteiger partial charge in [0, 0.05) is 24.0 Å². The number of ether oxygens (including phenoxy) is 2. The lowest BCUT2D eigenvalue weighted by Gasteiger charge is -2.26. The number of amides is 1. The molecule has 39 heavy (non-hydrogen) atoms. The van der Waals surface area contributed by atoms with Crippen molar-refractivity contribution >= 4 is 40.7 Å². The fraction of sp³-hybridized carbons (Fsp3) is 0.100. The fourth-order valence-corrected chi connectivity index (χ4v) is 5.11. The highest BCUT2D eigenvalue weighted by Crippen LogP contribution is 2.44. The lowest BCUT2D eigenvalue weighted by molar-refractivity contribution is -0.140. The van der Waals surface area contributed by atoms with Crippen LogP contribution in [0.2, 0.25) is 10.0 Å². The van der Waals surface area contributed by atoms with E-state index in [2.05, 4.69) is 4.98 Å². The van der Waals surface area contributed by atoms with Crippen LogP contribution in [-0.2, 0) is 16.1 Å². The van der Waals surface area contributed by atoms with Gasteiger partial charge < -0.3 is 19.5 Å². The molecule has 3 aromatic carbocycles. The first-order valence-electron chi connectivity index (χ1n) is 11.9. The van der Waals surface area contributed by atoms with Crippen molar-refractivity contribution in [2.24, 2.45) is 0 Å². The average Bonchev–Trinajstić information content (AvgIpc) is 3.18. The molecule has 1 atom stereocenters. The second-order valence-corrected chi connectivity index (χ2v) is 9.58. The number of halogens is 2. The van der Waals surface area contributed by atoms with Crippen LogP contribution in [0.5, 0.6) is 17.2 Å². The number of aliphatic hydroxyl groups excluding tert-OH is 1. The van der Waals surface area contributed by atoms with Gasteiger partial charge in [0.25, 0.3) is 11.7 Å². The van der Waals surface area contributed by atoms with E-state index < -0.39 is 23.5 Å². The van der Waals surface area contributed by atoms with Crippen LogP contribution in [-0.4, -0.2) is 33.8 Å². The molecule has 196 valence electrons. The van der Waals surface area contributed by atoms with Crippen molar-refractivity contribution < 1.29 is 24.2 Å². The number of pyridine rings is 1. The van der Waals surface area contributed by atoms with Crippen molar-refractivity contribution in [3.05, 3.63) is 124 Å². The van der Waals surface area contributed by atoms with Crippen LogP contribution in [0.15, 0.2) is 96.8 Å². The van der Waals surface area contributed by atoms with E-state index in [4.69, 9.17) is 32.7 Å². The number of rotatable bonds is 7. The maximum atomic E-state index is 13.5. The Bertz CT molecular complexity index is 1580. The monoisotopic (exact) mass is 560 g/mol. The molecule has 0 spiro atoms. The molecule has 1 saturated heterocycles. The molecule has 0 radical (unpaired) electrons. The summed E-state index contributed by atoms with van der Waals surface area (Å²) in [5.74, 6) is -0.820. The quantitative estimate of drug-likeness (QED) is 0.152. The first-order valence-corrected chi connectivity index (χ1v) is 12.7. The normalized spacial score (nSPS) is 16.4. The largest absolute Gasteiger partial charge is 0.507 e. The van der Waals surface area contributed by atoms with Gasteiger partial charge in [0.05, 0.1) is 29.3 Å². The Morgan fingerprint density at radius 2 is 1.67 bits per heavy atom. The summed E-state index contributed by atoms with van der Waals surface area (Å²) in [4.78, 5) is 32.3. The van der Waals surface area contributed by atoms with Gasteiger partial charge in [0.2, 0.25) is 0 Å². The van der Waals surface area contributed by atoms with Crippen LogP contribution >= 0.6 is 23.2 Å². The highest BCUT2D eigenvalue weighted by Gasteiger charge is 2.46. The number of methoxy groups -OCH3 is 1. The molecule has 1 aliphatic rings. The highest BCUT2D eigenvalue weighted by atomic mass is 35.5. The summed E-state index contributed by atoms with van der Waals surface area (Å²) in [6.07, 6.45) is 3.21. The summed E-state index contributed by atoms with van der Waals surface area (Å²) >= 11 is 12.5. The molecule has 7 nitrogen and oxygen atoms in total. The number of ketones is 1. The molecule has 5 rings (SSSR count). The third kappa shape index (κ3) is 5.32. The van der Waals surface area contributed by atoms with Gasteiger partial charge in [-0.15, -0.1) is 0 Å². The summed E-state index contributed by atoms with van der Waals surface area (Å²) in [6.45, 7) is 0.103. The molecule has 0 bridgehead atoms. The molecule has 1 fully saturated rings. The number of benzene rings is 3. The summed E-state index contributed by atoms with van der Waals surface area (Å²) < 4.78 is 11.4. The van der Waals surface area contributed by atoms with Gasteiger partial charge in [-0.2, -0.15) is 0 Å². The molecule has 1 amide bonds. The lowest BCUT2D eigenvalue weighted by Crippen LogP contribution is -2.29. The van der Waals surface area contributed by atoms with E-state index in [1.165, 1.54) is 24.1 Å². The number of Topliss-reactive ketones (excluding diaryl/α,β-unsaturated/α-hetero) is 1. The second-order valence-electron chi connectivity index (χ2n) is 8.74. The maximum Gasteiger partial charge on any atom is 0.295 e. The molecule has 1 unspecified atom stereocenters. The minimum atomic E-state index is -0.944. The van der Waals surface area contributed by atoms with E-state index in [9.17, 15) is 14.7 Å². The molecule has 1 aromatic heterocycles.